The van der Waals surface area contributed by atoms with Crippen molar-refractivity contribution in [2.24, 2.45) is 0 Å². The summed E-state index contributed by atoms with van der Waals surface area (Å²) in [4.78, 5) is 3.37. The van der Waals surface area contributed by atoms with Gasteiger partial charge in [-0.2, -0.15) is 13.2 Å². The van der Waals surface area contributed by atoms with Crippen molar-refractivity contribution in [1.29, 1.82) is 0 Å². The Labute approximate surface area is 93.9 Å². The molecule has 88 valence electrons. The van der Waals surface area contributed by atoms with Crippen molar-refractivity contribution in [3.63, 3.8) is 0 Å². The summed E-state index contributed by atoms with van der Waals surface area (Å²) in [6.07, 6.45) is 0.394. The van der Waals surface area contributed by atoms with Gasteiger partial charge < -0.3 is 4.57 Å². The zero-order valence-corrected chi connectivity index (χ0v) is 8.42. The number of imidazole rings is 1. The van der Waals surface area contributed by atoms with Crippen molar-refractivity contribution in [3.8, 4) is 12.3 Å². The molecule has 0 saturated carbocycles. The molecule has 0 N–H and O–H groups in total. The second-order valence-electron chi connectivity index (χ2n) is 3.36. The first kappa shape index (κ1) is 11.5. The summed E-state index contributed by atoms with van der Waals surface area (Å²) in [5, 5.41) is 0. The molecule has 0 spiro atoms. The van der Waals surface area contributed by atoms with Crippen LogP contribution in [0.1, 0.15) is 5.82 Å². The third-order valence-electron chi connectivity index (χ3n) is 2.21. The van der Waals surface area contributed by atoms with Gasteiger partial charge in [0.15, 0.2) is 0 Å². The molecule has 1 aromatic heterocycles. The summed E-state index contributed by atoms with van der Waals surface area (Å²) in [6.45, 7) is -0.267. The summed E-state index contributed by atoms with van der Waals surface area (Å²) < 4.78 is 51.7. The van der Waals surface area contributed by atoms with E-state index in [0.717, 1.165) is 16.7 Å². The number of halogens is 4. The van der Waals surface area contributed by atoms with E-state index in [0.29, 0.717) is 0 Å². The monoisotopic (exact) mass is 242 g/mol. The second-order valence-corrected chi connectivity index (χ2v) is 3.36. The van der Waals surface area contributed by atoms with Gasteiger partial charge in [0.2, 0.25) is 5.82 Å². The fourth-order valence-electron chi connectivity index (χ4n) is 1.57. The summed E-state index contributed by atoms with van der Waals surface area (Å²) in [5.41, 5.74) is 0.101. The molecule has 0 aliphatic rings. The van der Waals surface area contributed by atoms with Crippen LogP contribution in [0.5, 0.6) is 0 Å². The summed E-state index contributed by atoms with van der Waals surface area (Å²) in [7, 11) is 0. The van der Waals surface area contributed by atoms with E-state index in [1.165, 1.54) is 6.07 Å². The lowest BCUT2D eigenvalue weighted by atomic mass is 10.3. The van der Waals surface area contributed by atoms with Gasteiger partial charge in [-0.05, 0) is 12.1 Å². The highest BCUT2D eigenvalue weighted by Gasteiger charge is 2.37. The van der Waals surface area contributed by atoms with Crippen LogP contribution in [0.3, 0.4) is 0 Å². The standard InChI is InChI=1S/C11H6F4N2/c1-2-5-17-9-4-3-7(12)6-8(9)16-10(17)11(13,14)15/h1,3-4,6H,5H2. The quantitative estimate of drug-likeness (QED) is 0.555. The fraction of sp³-hybridized carbons (Fsp3) is 0.182. The van der Waals surface area contributed by atoms with Gasteiger partial charge >= 0.3 is 6.18 Å². The van der Waals surface area contributed by atoms with Gasteiger partial charge in [0.25, 0.3) is 0 Å². The van der Waals surface area contributed by atoms with Crippen LogP contribution < -0.4 is 0 Å². The zero-order chi connectivity index (χ0) is 12.6. The molecular weight excluding hydrogens is 236 g/mol. The number of alkyl halides is 3. The molecule has 0 aliphatic carbocycles. The molecular formula is C11H6F4N2. The Balaban J connectivity index is 2.75. The van der Waals surface area contributed by atoms with E-state index in [2.05, 4.69) is 10.9 Å². The Bertz CT molecular complexity index is 604. The molecule has 2 nitrogen and oxygen atoms in total. The maximum atomic E-state index is 12.9. The van der Waals surface area contributed by atoms with Gasteiger partial charge in [0.05, 0.1) is 17.6 Å². The van der Waals surface area contributed by atoms with Gasteiger partial charge in [0.1, 0.15) is 5.82 Å². The van der Waals surface area contributed by atoms with Crippen LogP contribution in [0.2, 0.25) is 0 Å². The molecule has 0 amide bonds. The first-order valence-electron chi connectivity index (χ1n) is 4.60. The van der Waals surface area contributed by atoms with Crippen LogP contribution in [0.4, 0.5) is 17.6 Å². The van der Waals surface area contributed by atoms with Crippen molar-refractivity contribution >= 4 is 11.0 Å². The fourth-order valence-corrected chi connectivity index (χ4v) is 1.57. The molecule has 0 fully saturated rings. The smallest absolute Gasteiger partial charge is 0.309 e. The Hall–Kier alpha value is -2.03. The third-order valence-corrected chi connectivity index (χ3v) is 2.21. The highest BCUT2D eigenvalue weighted by molar-refractivity contribution is 5.76. The number of nitrogens with zero attached hydrogens (tertiary/aromatic N) is 2. The van der Waals surface area contributed by atoms with Crippen molar-refractivity contribution in [2.45, 2.75) is 12.7 Å². The minimum absolute atomic E-state index is 0.0624. The van der Waals surface area contributed by atoms with Crippen LogP contribution in [0, 0.1) is 18.2 Å². The highest BCUT2D eigenvalue weighted by Crippen LogP contribution is 2.31. The molecule has 1 aromatic carbocycles. The predicted octanol–water partition coefficient (Wildman–Crippen LogP) is 2.83. The Kier molecular flexibility index (Phi) is 2.54. The molecule has 0 unspecified atom stereocenters. The molecule has 6 heteroatoms. The number of fused-ring (bicyclic) bond motifs is 1. The zero-order valence-electron chi connectivity index (χ0n) is 8.42. The molecule has 0 bridgehead atoms. The predicted molar refractivity (Wildman–Crippen MR) is 53.5 cm³/mol. The van der Waals surface area contributed by atoms with E-state index >= 15 is 0 Å². The number of rotatable bonds is 1. The second kappa shape index (κ2) is 3.77. The molecule has 17 heavy (non-hydrogen) atoms. The van der Waals surface area contributed by atoms with Gasteiger partial charge in [0, 0.05) is 6.07 Å². The number of aromatic nitrogens is 2. The topological polar surface area (TPSA) is 17.8 Å². The third kappa shape index (κ3) is 1.96. The van der Waals surface area contributed by atoms with Crippen LogP contribution in [-0.4, -0.2) is 9.55 Å². The maximum absolute atomic E-state index is 12.9. The lowest BCUT2D eigenvalue weighted by molar-refractivity contribution is -0.146. The van der Waals surface area contributed by atoms with Crippen molar-refractivity contribution in [3.05, 3.63) is 29.8 Å². The molecule has 2 aromatic rings. The molecule has 1 heterocycles. The number of benzene rings is 1. The van der Waals surface area contributed by atoms with E-state index in [1.807, 2.05) is 0 Å². The van der Waals surface area contributed by atoms with Crippen molar-refractivity contribution in [2.75, 3.05) is 0 Å². The number of hydrogen-bond acceptors (Lipinski definition) is 1. The maximum Gasteiger partial charge on any atom is 0.449 e. The molecule has 0 atom stereocenters. The highest BCUT2D eigenvalue weighted by atomic mass is 19.4. The number of terminal acetylenes is 1. The van der Waals surface area contributed by atoms with Gasteiger partial charge in [-0.3, -0.25) is 0 Å². The molecule has 0 aliphatic heterocycles. The Morgan fingerprint density at radius 3 is 2.65 bits per heavy atom. The number of hydrogen-bond donors (Lipinski definition) is 0. The van der Waals surface area contributed by atoms with Gasteiger partial charge in [-0.1, -0.05) is 5.92 Å². The minimum atomic E-state index is -4.62. The van der Waals surface area contributed by atoms with E-state index in [1.54, 1.807) is 0 Å². The molecule has 0 saturated heterocycles. The SMILES string of the molecule is C#CCn1c(C(F)(F)F)nc2cc(F)ccc21. The van der Waals surface area contributed by atoms with Crippen LogP contribution in [0.15, 0.2) is 18.2 Å². The Morgan fingerprint density at radius 1 is 1.35 bits per heavy atom. The normalized spacial score (nSPS) is 11.7. The van der Waals surface area contributed by atoms with E-state index in [-0.39, 0.29) is 17.6 Å². The first-order valence-corrected chi connectivity index (χ1v) is 4.60. The summed E-state index contributed by atoms with van der Waals surface area (Å²) in [5.74, 6) is 0.362. The van der Waals surface area contributed by atoms with Crippen molar-refractivity contribution in [1.82, 2.24) is 9.55 Å². The van der Waals surface area contributed by atoms with E-state index < -0.39 is 17.8 Å². The lowest BCUT2D eigenvalue weighted by Gasteiger charge is -2.07. The van der Waals surface area contributed by atoms with Gasteiger partial charge in [-0.25, -0.2) is 9.37 Å². The largest absolute Gasteiger partial charge is 0.449 e. The van der Waals surface area contributed by atoms with Crippen LogP contribution in [-0.2, 0) is 12.7 Å². The average Bonchev–Trinajstić information content (AvgIpc) is 2.56. The van der Waals surface area contributed by atoms with E-state index in [9.17, 15) is 17.6 Å². The van der Waals surface area contributed by atoms with E-state index in [4.69, 9.17) is 6.42 Å². The average molecular weight is 242 g/mol. The Morgan fingerprint density at radius 2 is 2.06 bits per heavy atom. The van der Waals surface area contributed by atoms with Crippen LogP contribution in [0.25, 0.3) is 11.0 Å². The van der Waals surface area contributed by atoms with Crippen molar-refractivity contribution < 1.29 is 17.6 Å². The first-order chi connectivity index (χ1) is 7.93. The molecule has 0 radical (unpaired) electrons. The summed E-state index contributed by atoms with van der Waals surface area (Å²) >= 11 is 0. The summed E-state index contributed by atoms with van der Waals surface area (Å²) in [6, 6.07) is 3.24. The van der Waals surface area contributed by atoms with Crippen LogP contribution >= 0.6 is 0 Å². The molecule has 2 rings (SSSR count). The minimum Gasteiger partial charge on any atom is -0.309 e. The lowest BCUT2D eigenvalue weighted by Crippen LogP contribution is -2.14. The van der Waals surface area contributed by atoms with Gasteiger partial charge in [-0.15, -0.1) is 6.42 Å².